The van der Waals surface area contributed by atoms with Crippen molar-refractivity contribution in [2.75, 3.05) is 11.4 Å². The Morgan fingerprint density at radius 1 is 1.20 bits per heavy atom. The molecule has 1 aromatic heterocycles. The van der Waals surface area contributed by atoms with Crippen molar-refractivity contribution < 1.29 is 9.90 Å². The van der Waals surface area contributed by atoms with Crippen LogP contribution in [-0.4, -0.2) is 22.6 Å². The van der Waals surface area contributed by atoms with Crippen molar-refractivity contribution in [3.05, 3.63) is 53.7 Å². The maximum absolute atomic E-state index is 11.2. The van der Waals surface area contributed by atoms with E-state index in [2.05, 4.69) is 4.98 Å². The lowest BCUT2D eigenvalue weighted by Gasteiger charge is -2.23. The number of aromatic nitrogens is 1. The Morgan fingerprint density at radius 2 is 1.90 bits per heavy atom. The summed E-state index contributed by atoms with van der Waals surface area (Å²) in [6, 6.07) is 13.1. The number of hydrogen-bond donors (Lipinski definition) is 1. The fourth-order valence-corrected chi connectivity index (χ4v) is 2.10. The first-order valence-corrected chi connectivity index (χ1v) is 6.72. The Hall–Kier alpha value is -2.36. The molecule has 4 heteroatoms. The van der Waals surface area contributed by atoms with Gasteiger partial charge in [0.25, 0.3) is 0 Å². The molecule has 0 aliphatic rings. The predicted molar refractivity (Wildman–Crippen MR) is 79.7 cm³/mol. The second-order valence-corrected chi connectivity index (χ2v) is 4.44. The minimum atomic E-state index is -0.924. The highest BCUT2D eigenvalue weighted by atomic mass is 16.4. The SMILES string of the molecule is CCc1cc(C(=O)O)cc(N(CC)c2ccccc2)n1. The van der Waals surface area contributed by atoms with Crippen LogP contribution in [0.25, 0.3) is 0 Å². The third kappa shape index (κ3) is 2.96. The molecule has 20 heavy (non-hydrogen) atoms. The van der Waals surface area contributed by atoms with Crippen LogP contribution in [0.1, 0.15) is 29.9 Å². The number of nitrogens with zero attached hydrogens (tertiary/aromatic N) is 2. The van der Waals surface area contributed by atoms with Gasteiger partial charge >= 0.3 is 5.97 Å². The molecule has 2 aromatic rings. The highest BCUT2D eigenvalue weighted by molar-refractivity contribution is 5.89. The van der Waals surface area contributed by atoms with Gasteiger partial charge in [0.05, 0.1) is 5.56 Å². The van der Waals surface area contributed by atoms with Gasteiger partial charge in [0, 0.05) is 17.9 Å². The number of aryl methyl sites for hydroxylation is 1. The fourth-order valence-electron chi connectivity index (χ4n) is 2.10. The van der Waals surface area contributed by atoms with E-state index in [0.29, 0.717) is 12.2 Å². The number of anilines is 2. The van der Waals surface area contributed by atoms with Crippen LogP contribution in [0.2, 0.25) is 0 Å². The lowest BCUT2D eigenvalue weighted by Crippen LogP contribution is -2.18. The Labute approximate surface area is 118 Å². The fraction of sp³-hybridized carbons (Fsp3) is 0.250. The van der Waals surface area contributed by atoms with Gasteiger partial charge in [-0.15, -0.1) is 0 Å². The van der Waals surface area contributed by atoms with Crippen LogP contribution in [0.3, 0.4) is 0 Å². The summed E-state index contributed by atoms with van der Waals surface area (Å²) in [4.78, 5) is 17.8. The molecule has 0 amide bonds. The molecule has 0 fully saturated rings. The topological polar surface area (TPSA) is 53.4 Å². The third-order valence-electron chi connectivity index (χ3n) is 3.13. The Bertz CT molecular complexity index is 597. The molecule has 0 bridgehead atoms. The van der Waals surface area contributed by atoms with Gasteiger partial charge in [-0.2, -0.15) is 0 Å². The monoisotopic (exact) mass is 270 g/mol. The zero-order valence-corrected chi connectivity index (χ0v) is 11.7. The van der Waals surface area contributed by atoms with Crippen LogP contribution >= 0.6 is 0 Å². The van der Waals surface area contributed by atoms with E-state index in [9.17, 15) is 9.90 Å². The average Bonchev–Trinajstić information content (AvgIpc) is 2.48. The first-order chi connectivity index (χ1) is 9.65. The summed E-state index contributed by atoms with van der Waals surface area (Å²) >= 11 is 0. The van der Waals surface area contributed by atoms with Gasteiger partial charge in [0.15, 0.2) is 0 Å². The average molecular weight is 270 g/mol. The van der Waals surface area contributed by atoms with Crippen molar-refractivity contribution in [2.24, 2.45) is 0 Å². The molecule has 0 aliphatic carbocycles. The number of carboxylic acids is 1. The van der Waals surface area contributed by atoms with Crippen molar-refractivity contribution in [1.82, 2.24) is 4.98 Å². The summed E-state index contributed by atoms with van der Waals surface area (Å²) < 4.78 is 0. The molecular formula is C16H18N2O2. The summed E-state index contributed by atoms with van der Waals surface area (Å²) in [5.41, 5.74) is 2.07. The van der Waals surface area contributed by atoms with Gasteiger partial charge in [-0.05, 0) is 37.6 Å². The smallest absolute Gasteiger partial charge is 0.335 e. The van der Waals surface area contributed by atoms with Crippen molar-refractivity contribution in [3.8, 4) is 0 Å². The molecule has 0 spiro atoms. The molecule has 104 valence electrons. The molecule has 0 atom stereocenters. The zero-order valence-electron chi connectivity index (χ0n) is 11.7. The molecule has 0 radical (unpaired) electrons. The number of carboxylic acid groups (broad SMARTS) is 1. The number of rotatable bonds is 5. The molecule has 2 rings (SSSR count). The molecule has 4 nitrogen and oxygen atoms in total. The normalized spacial score (nSPS) is 10.3. The van der Waals surface area contributed by atoms with E-state index in [1.807, 2.05) is 49.1 Å². The van der Waals surface area contributed by atoms with Crippen LogP contribution in [0, 0.1) is 0 Å². The number of benzene rings is 1. The van der Waals surface area contributed by atoms with Gasteiger partial charge in [-0.1, -0.05) is 25.1 Å². The van der Waals surface area contributed by atoms with Crippen LogP contribution in [0.5, 0.6) is 0 Å². The summed E-state index contributed by atoms with van der Waals surface area (Å²) in [5, 5.41) is 9.21. The van der Waals surface area contributed by atoms with Crippen molar-refractivity contribution in [1.29, 1.82) is 0 Å². The van der Waals surface area contributed by atoms with E-state index in [4.69, 9.17) is 0 Å². The van der Waals surface area contributed by atoms with Gasteiger partial charge in [0.2, 0.25) is 0 Å². The first kappa shape index (κ1) is 14.1. The third-order valence-corrected chi connectivity index (χ3v) is 3.13. The van der Waals surface area contributed by atoms with E-state index >= 15 is 0 Å². The second kappa shape index (κ2) is 6.19. The lowest BCUT2D eigenvalue weighted by molar-refractivity contribution is 0.0696. The quantitative estimate of drug-likeness (QED) is 0.903. The van der Waals surface area contributed by atoms with E-state index in [0.717, 1.165) is 17.9 Å². The van der Waals surface area contributed by atoms with E-state index in [-0.39, 0.29) is 5.56 Å². The number of carbonyl (C=O) groups is 1. The molecule has 0 saturated carbocycles. The maximum atomic E-state index is 11.2. The maximum Gasteiger partial charge on any atom is 0.335 e. The highest BCUT2D eigenvalue weighted by Gasteiger charge is 2.13. The number of hydrogen-bond acceptors (Lipinski definition) is 3. The standard InChI is InChI=1S/C16H18N2O2/c1-3-13-10-12(16(19)20)11-15(17-13)18(4-2)14-8-6-5-7-9-14/h5-11H,3-4H2,1-2H3,(H,19,20). The lowest BCUT2D eigenvalue weighted by atomic mass is 10.2. The van der Waals surface area contributed by atoms with Gasteiger partial charge in [-0.3, -0.25) is 0 Å². The minimum absolute atomic E-state index is 0.279. The van der Waals surface area contributed by atoms with Gasteiger partial charge in [0.1, 0.15) is 5.82 Å². The van der Waals surface area contributed by atoms with Gasteiger partial charge < -0.3 is 10.0 Å². The summed E-state index contributed by atoms with van der Waals surface area (Å²) in [5.74, 6) is -0.247. The van der Waals surface area contributed by atoms with Crippen LogP contribution < -0.4 is 4.90 Å². The predicted octanol–water partition coefficient (Wildman–Crippen LogP) is 3.50. The summed E-state index contributed by atoms with van der Waals surface area (Å²) in [6.07, 6.45) is 0.709. The van der Waals surface area contributed by atoms with Crippen molar-refractivity contribution in [3.63, 3.8) is 0 Å². The highest BCUT2D eigenvalue weighted by Crippen LogP contribution is 2.24. The summed E-state index contributed by atoms with van der Waals surface area (Å²) in [6.45, 7) is 4.72. The van der Waals surface area contributed by atoms with E-state index in [1.54, 1.807) is 12.1 Å². The molecule has 0 aliphatic heterocycles. The largest absolute Gasteiger partial charge is 0.478 e. The van der Waals surface area contributed by atoms with E-state index in [1.165, 1.54) is 0 Å². The van der Waals surface area contributed by atoms with Gasteiger partial charge in [-0.25, -0.2) is 9.78 Å². The van der Waals surface area contributed by atoms with Crippen LogP contribution in [0.4, 0.5) is 11.5 Å². The molecule has 0 saturated heterocycles. The Kier molecular flexibility index (Phi) is 4.35. The molecule has 1 heterocycles. The van der Waals surface area contributed by atoms with E-state index < -0.39 is 5.97 Å². The number of pyridine rings is 1. The molecule has 0 unspecified atom stereocenters. The Morgan fingerprint density at radius 3 is 2.45 bits per heavy atom. The number of para-hydroxylation sites is 1. The van der Waals surface area contributed by atoms with Crippen molar-refractivity contribution in [2.45, 2.75) is 20.3 Å². The molecular weight excluding hydrogens is 252 g/mol. The van der Waals surface area contributed by atoms with Crippen LogP contribution in [-0.2, 0) is 6.42 Å². The summed E-state index contributed by atoms with van der Waals surface area (Å²) in [7, 11) is 0. The minimum Gasteiger partial charge on any atom is -0.478 e. The molecule has 1 N–H and O–H groups in total. The van der Waals surface area contributed by atoms with Crippen LogP contribution in [0.15, 0.2) is 42.5 Å². The second-order valence-electron chi connectivity index (χ2n) is 4.44. The van der Waals surface area contributed by atoms with Crippen molar-refractivity contribution >= 4 is 17.5 Å². The number of aromatic carboxylic acids is 1. The Balaban J connectivity index is 2.49. The zero-order chi connectivity index (χ0) is 14.5. The first-order valence-electron chi connectivity index (χ1n) is 6.72. The molecule has 1 aromatic carbocycles.